The van der Waals surface area contributed by atoms with Gasteiger partial charge < -0.3 is 19.7 Å². The number of likely N-dealkylation sites (tertiary alicyclic amines) is 1. The molecule has 1 aliphatic heterocycles. The Balaban J connectivity index is 1.75. The van der Waals surface area contributed by atoms with E-state index in [1.165, 1.54) is 0 Å². The Morgan fingerprint density at radius 3 is 2.74 bits per heavy atom. The lowest BCUT2D eigenvalue weighted by molar-refractivity contribution is -0.143. The van der Waals surface area contributed by atoms with E-state index >= 15 is 0 Å². The minimum Gasteiger partial charge on any atom is -0.481 e. The van der Waals surface area contributed by atoms with Crippen LogP contribution >= 0.6 is 15.9 Å². The number of carbonyl (C=O) groups is 2. The summed E-state index contributed by atoms with van der Waals surface area (Å²) in [5.41, 5.74) is 1.73. The Bertz CT molecular complexity index is 765. The largest absolute Gasteiger partial charge is 0.481 e. The maximum Gasteiger partial charge on any atom is 0.321 e. The van der Waals surface area contributed by atoms with Crippen LogP contribution in [-0.2, 0) is 4.79 Å². The van der Waals surface area contributed by atoms with Crippen molar-refractivity contribution in [2.24, 2.45) is 5.92 Å². The van der Waals surface area contributed by atoms with E-state index in [1.807, 2.05) is 6.07 Å². The summed E-state index contributed by atoms with van der Waals surface area (Å²) < 4.78 is 6.34. The number of urea groups is 1. The fraction of sp³-hybridized carbons (Fsp3) is 0.400. The first-order valence-electron chi connectivity index (χ1n) is 7.29. The molecule has 2 heterocycles. The van der Waals surface area contributed by atoms with Crippen LogP contribution < -0.4 is 5.32 Å². The van der Waals surface area contributed by atoms with Gasteiger partial charge in [-0.25, -0.2) is 9.78 Å². The van der Waals surface area contributed by atoms with Crippen molar-refractivity contribution in [1.29, 1.82) is 0 Å². The maximum atomic E-state index is 12.4. The summed E-state index contributed by atoms with van der Waals surface area (Å²) in [5, 5.41) is 11.8. The molecule has 0 unspecified atom stereocenters. The lowest BCUT2D eigenvalue weighted by atomic mass is 9.97. The number of hydrogen-bond acceptors (Lipinski definition) is 4. The lowest BCUT2D eigenvalue weighted by Gasteiger charge is -2.30. The first-order valence-corrected chi connectivity index (χ1v) is 8.09. The second-order valence-corrected chi connectivity index (χ2v) is 6.48. The minimum atomic E-state index is -0.795. The van der Waals surface area contributed by atoms with E-state index in [9.17, 15) is 9.59 Å². The van der Waals surface area contributed by atoms with Crippen LogP contribution in [0.5, 0.6) is 0 Å². The van der Waals surface area contributed by atoms with E-state index in [1.54, 1.807) is 17.9 Å². The number of piperidine rings is 1. The number of carboxylic acids is 1. The monoisotopic (exact) mass is 381 g/mol. The Kier molecular flexibility index (Phi) is 4.25. The number of nitrogens with one attached hydrogen (secondary N) is 1. The third-order valence-corrected chi connectivity index (χ3v) is 4.39. The smallest absolute Gasteiger partial charge is 0.321 e. The second-order valence-electron chi connectivity index (χ2n) is 5.56. The maximum absolute atomic E-state index is 12.4. The summed E-state index contributed by atoms with van der Waals surface area (Å²) in [6, 6.07) is 3.32. The number of hydrogen-bond donors (Lipinski definition) is 2. The van der Waals surface area contributed by atoms with Gasteiger partial charge in [0.05, 0.1) is 11.6 Å². The molecule has 0 radical (unpaired) electrons. The molecular formula is C15H16BrN3O4. The first kappa shape index (κ1) is 15.8. The lowest BCUT2D eigenvalue weighted by Crippen LogP contribution is -2.42. The third kappa shape index (κ3) is 3.31. The van der Waals surface area contributed by atoms with Gasteiger partial charge in [0.1, 0.15) is 5.52 Å². The fourth-order valence-corrected chi connectivity index (χ4v) is 3.17. The number of rotatable bonds is 2. The van der Waals surface area contributed by atoms with Gasteiger partial charge in [-0.1, -0.05) is 15.9 Å². The topological polar surface area (TPSA) is 95.7 Å². The number of aliphatic carboxylic acids is 1. The van der Waals surface area contributed by atoms with Gasteiger partial charge in [-0.3, -0.25) is 4.79 Å². The standard InChI is InChI=1S/C15H16BrN3O4/c1-8-17-11-6-10(16)7-12(13(11)23-8)18-15(22)19-4-2-9(3-5-19)14(20)21/h6-7,9H,2-5H2,1H3,(H,18,22)(H,20,21). The number of aromatic nitrogens is 1. The van der Waals surface area contributed by atoms with Crippen LogP contribution in [0.3, 0.4) is 0 Å². The van der Waals surface area contributed by atoms with Gasteiger partial charge in [-0.05, 0) is 25.0 Å². The molecule has 2 amide bonds. The van der Waals surface area contributed by atoms with Crippen molar-refractivity contribution in [3.63, 3.8) is 0 Å². The van der Waals surface area contributed by atoms with E-state index in [4.69, 9.17) is 9.52 Å². The second kappa shape index (κ2) is 6.19. The molecule has 7 nitrogen and oxygen atoms in total. The number of benzene rings is 1. The molecule has 3 rings (SSSR count). The number of carboxylic acid groups (broad SMARTS) is 1. The minimum absolute atomic E-state index is 0.262. The van der Waals surface area contributed by atoms with Crippen LogP contribution in [0, 0.1) is 12.8 Å². The summed E-state index contributed by atoms with van der Waals surface area (Å²) in [7, 11) is 0. The summed E-state index contributed by atoms with van der Waals surface area (Å²) in [5.74, 6) is -0.639. The number of halogens is 1. The zero-order chi connectivity index (χ0) is 16.6. The van der Waals surface area contributed by atoms with Gasteiger partial charge in [-0.15, -0.1) is 0 Å². The fourth-order valence-electron chi connectivity index (χ4n) is 2.73. The molecule has 2 N–H and O–H groups in total. The van der Waals surface area contributed by atoms with Crippen LogP contribution in [-0.4, -0.2) is 40.1 Å². The number of oxazole rings is 1. The molecule has 0 aliphatic carbocycles. The van der Waals surface area contributed by atoms with Crippen molar-refractivity contribution in [3.8, 4) is 0 Å². The Morgan fingerprint density at radius 1 is 1.39 bits per heavy atom. The zero-order valence-electron chi connectivity index (χ0n) is 12.5. The molecule has 23 heavy (non-hydrogen) atoms. The van der Waals surface area contributed by atoms with Crippen molar-refractivity contribution < 1.29 is 19.1 Å². The van der Waals surface area contributed by atoms with Crippen LogP contribution in [0.25, 0.3) is 11.1 Å². The number of carbonyl (C=O) groups excluding carboxylic acids is 1. The van der Waals surface area contributed by atoms with Crippen LogP contribution in [0.4, 0.5) is 10.5 Å². The molecule has 0 bridgehead atoms. The number of aryl methyl sites for hydroxylation is 1. The van der Waals surface area contributed by atoms with Crippen molar-refractivity contribution in [2.75, 3.05) is 18.4 Å². The molecule has 2 aromatic rings. The molecular weight excluding hydrogens is 366 g/mol. The van der Waals surface area contributed by atoms with Crippen LogP contribution in [0.1, 0.15) is 18.7 Å². The molecule has 122 valence electrons. The Morgan fingerprint density at radius 2 is 2.09 bits per heavy atom. The Hall–Kier alpha value is -2.09. The highest BCUT2D eigenvalue weighted by Gasteiger charge is 2.27. The van der Waals surface area contributed by atoms with Crippen LogP contribution in [0.2, 0.25) is 0 Å². The average molecular weight is 382 g/mol. The van der Waals surface area contributed by atoms with Crippen LogP contribution in [0.15, 0.2) is 21.0 Å². The van der Waals surface area contributed by atoms with Gasteiger partial charge in [0, 0.05) is 24.5 Å². The summed E-state index contributed by atoms with van der Waals surface area (Å²) in [6.45, 7) is 2.60. The van der Waals surface area contributed by atoms with E-state index in [2.05, 4.69) is 26.2 Å². The predicted molar refractivity (Wildman–Crippen MR) is 87.4 cm³/mol. The van der Waals surface area contributed by atoms with Gasteiger partial charge in [0.15, 0.2) is 11.5 Å². The highest BCUT2D eigenvalue weighted by Crippen LogP contribution is 2.29. The molecule has 0 spiro atoms. The van der Waals surface area contributed by atoms with E-state index < -0.39 is 5.97 Å². The third-order valence-electron chi connectivity index (χ3n) is 3.93. The number of fused-ring (bicyclic) bond motifs is 1. The molecule has 1 aliphatic rings. The molecule has 8 heteroatoms. The highest BCUT2D eigenvalue weighted by atomic mass is 79.9. The quantitative estimate of drug-likeness (QED) is 0.832. The molecule has 1 aromatic heterocycles. The Labute approximate surface area is 140 Å². The van der Waals surface area contributed by atoms with Crippen molar-refractivity contribution in [1.82, 2.24) is 9.88 Å². The van der Waals surface area contributed by atoms with Gasteiger partial charge >= 0.3 is 12.0 Å². The first-order chi connectivity index (χ1) is 10.9. The summed E-state index contributed by atoms with van der Waals surface area (Å²) in [4.78, 5) is 29.2. The SMILES string of the molecule is Cc1nc2cc(Br)cc(NC(=O)N3CCC(C(=O)O)CC3)c2o1. The summed E-state index contributed by atoms with van der Waals surface area (Å²) in [6.07, 6.45) is 0.941. The van der Waals surface area contributed by atoms with E-state index in [0.29, 0.717) is 48.6 Å². The van der Waals surface area contributed by atoms with Gasteiger partial charge in [0.2, 0.25) is 0 Å². The number of amides is 2. The molecule has 1 fully saturated rings. The molecule has 0 saturated carbocycles. The predicted octanol–water partition coefficient (Wildman–Crippen LogP) is 3.23. The molecule has 0 atom stereocenters. The zero-order valence-corrected chi connectivity index (χ0v) is 14.1. The van der Waals surface area contributed by atoms with Crippen molar-refractivity contribution in [3.05, 3.63) is 22.5 Å². The van der Waals surface area contributed by atoms with Crippen molar-refractivity contribution in [2.45, 2.75) is 19.8 Å². The van der Waals surface area contributed by atoms with Gasteiger partial charge in [-0.2, -0.15) is 0 Å². The van der Waals surface area contributed by atoms with Gasteiger partial charge in [0.25, 0.3) is 0 Å². The average Bonchev–Trinajstić information content (AvgIpc) is 2.87. The van der Waals surface area contributed by atoms with E-state index in [0.717, 1.165) is 4.47 Å². The summed E-state index contributed by atoms with van der Waals surface area (Å²) >= 11 is 3.39. The molecule has 1 saturated heterocycles. The van der Waals surface area contributed by atoms with E-state index in [-0.39, 0.29) is 11.9 Å². The number of nitrogens with zero attached hydrogens (tertiary/aromatic N) is 2. The molecule has 1 aromatic carbocycles. The normalized spacial score (nSPS) is 15.8. The highest BCUT2D eigenvalue weighted by molar-refractivity contribution is 9.10. The number of anilines is 1. The van der Waals surface area contributed by atoms with Crippen molar-refractivity contribution >= 4 is 44.7 Å².